The van der Waals surface area contributed by atoms with Gasteiger partial charge in [-0.15, -0.1) is 0 Å². The Bertz CT molecular complexity index is 662. The lowest BCUT2D eigenvalue weighted by atomic mass is 10.2. The molecule has 1 aromatic carbocycles. The second kappa shape index (κ2) is 7.02. The van der Waals surface area contributed by atoms with Crippen LogP contribution in [0.1, 0.15) is 16.1 Å². The molecule has 3 N–H and O–H groups in total. The van der Waals surface area contributed by atoms with Crippen molar-refractivity contribution in [2.45, 2.75) is 6.54 Å². The summed E-state index contributed by atoms with van der Waals surface area (Å²) in [5.74, 6) is -1.09. The summed E-state index contributed by atoms with van der Waals surface area (Å²) in [6.45, 7) is 0.263. The van der Waals surface area contributed by atoms with Crippen LogP contribution >= 0.6 is 22.6 Å². The number of carboxylic acid groups (broad SMARTS) is 1. The maximum absolute atomic E-state index is 11.8. The number of benzene rings is 1. The number of aromatic nitrogens is 1. The predicted octanol–water partition coefficient (Wildman–Crippen LogP) is 2.71. The first-order chi connectivity index (χ1) is 10.1. The highest BCUT2D eigenvalue weighted by molar-refractivity contribution is 14.1. The lowest BCUT2D eigenvalue weighted by molar-refractivity contribution is 0.0698. The van der Waals surface area contributed by atoms with Crippen molar-refractivity contribution >= 4 is 40.3 Å². The molecule has 1 heterocycles. The fourth-order valence-corrected chi connectivity index (χ4v) is 2.13. The third-order valence-corrected chi connectivity index (χ3v) is 3.29. The molecule has 0 bridgehead atoms. The summed E-state index contributed by atoms with van der Waals surface area (Å²) >= 11 is 2.01. The van der Waals surface area contributed by atoms with Crippen molar-refractivity contribution in [1.29, 1.82) is 0 Å². The lowest BCUT2D eigenvalue weighted by Gasteiger charge is -2.10. The first kappa shape index (κ1) is 15.2. The molecule has 108 valence electrons. The Morgan fingerprint density at radius 3 is 2.71 bits per heavy atom. The molecule has 0 fully saturated rings. The normalized spacial score (nSPS) is 9.95. The van der Waals surface area contributed by atoms with Gasteiger partial charge in [0, 0.05) is 9.77 Å². The number of urea groups is 1. The molecule has 0 unspecified atom stereocenters. The number of carboxylic acids is 1. The Labute approximate surface area is 134 Å². The van der Waals surface area contributed by atoms with Crippen LogP contribution in [0.2, 0.25) is 0 Å². The number of anilines is 1. The summed E-state index contributed by atoms with van der Waals surface area (Å²) in [6.07, 6.45) is 1.64. The van der Waals surface area contributed by atoms with Crippen molar-refractivity contribution in [3.8, 4) is 0 Å². The van der Waals surface area contributed by atoms with Gasteiger partial charge >= 0.3 is 12.0 Å². The SMILES string of the molecule is O=C(NCc1ccccn1)Nc1ccc(I)cc1C(=O)O. The molecule has 0 radical (unpaired) electrons. The zero-order valence-corrected chi connectivity index (χ0v) is 13.0. The Kier molecular flexibility index (Phi) is 5.09. The van der Waals surface area contributed by atoms with Crippen LogP contribution in [0.25, 0.3) is 0 Å². The number of carbonyl (C=O) groups excluding carboxylic acids is 1. The number of nitrogens with one attached hydrogen (secondary N) is 2. The third-order valence-electron chi connectivity index (χ3n) is 2.62. The number of rotatable bonds is 4. The Morgan fingerprint density at radius 2 is 2.05 bits per heavy atom. The van der Waals surface area contributed by atoms with Crippen LogP contribution in [0.15, 0.2) is 42.6 Å². The molecule has 2 rings (SSSR count). The minimum absolute atomic E-state index is 0.0508. The quantitative estimate of drug-likeness (QED) is 0.692. The zero-order valence-electron chi connectivity index (χ0n) is 10.8. The number of hydrogen-bond donors (Lipinski definition) is 3. The van der Waals surface area contributed by atoms with Crippen molar-refractivity contribution in [1.82, 2.24) is 10.3 Å². The van der Waals surface area contributed by atoms with E-state index >= 15 is 0 Å². The fraction of sp³-hybridized carbons (Fsp3) is 0.0714. The zero-order chi connectivity index (χ0) is 15.2. The molecule has 0 spiro atoms. The number of amides is 2. The summed E-state index contributed by atoms with van der Waals surface area (Å²) < 4.78 is 0.782. The number of pyridine rings is 1. The van der Waals surface area contributed by atoms with Gasteiger partial charge in [-0.05, 0) is 52.9 Å². The van der Waals surface area contributed by atoms with E-state index in [0.717, 1.165) is 3.57 Å². The van der Waals surface area contributed by atoms with Crippen molar-refractivity contribution in [2.75, 3.05) is 5.32 Å². The van der Waals surface area contributed by atoms with Crippen molar-refractivity contribution in [2.24, 2.45) is 0 Å². The number of aromatic carboxylic acids is 1. The minimum Gasteiger partial charge on any atom is -0.478 e. The number of hydrogen-bond acceptors (Lipinski definition) is 3. The molecule has 1 aromatic heterocycles. The molecular weight excluding hydrogens is 385 g/mol. The summed E-state index contributed by atoms with van der Waals surface area (Å²) in [6, 6.07) is 9.69. The van der Waals surface area contributed by atoms with E-state index in [1.807, 2.05) is 28.7 Å². The average Bonchev–Trinajstić information content (AvgIpc) is 2.48. The minimum atomic E-state index is -1.09. The Hall–Kier alpha value is -2.16. The maximum atomic E-state index is 11.8. The number of carbonyl (C=O) groups is 2. The van der Waals surface area contributed by atoms with Crippen LogP contribution in [-0.2, 0) is 6.54 Å². The number of halogens is 1. The molecule has 2 amide bonds. The van der Waals surface area contributed by atoms with E-state index < -0.39 is 12.0 Å². The predicted molar refractivity (Wildman–Crippen MR) is 86.2 cm³/mol. The van der Waals surface area contributed by atoms with Crippen LogP contribution in [0.5, 0.6) is 0 Å². The highest BCUT2D eigenvalue weighted by atomic mass is 127. The molecule has 0 aliphatic carbocycles. The number of nitrogens with zero attached hydrogens (tertiary/aromatic N) is 1. The van der Waals surface area contributed by atoms with Gasteiger partial charge in [0.15, 0.2) is 0 Å². The smallest absolute Gasteiger partial charge is 0.337 e. The molecule has 0 atom stereocenters. The molecule has 6 nitrogen and oxygen atoms in total. The van der Waals surface area contributed by atoms with Gasteiger partial charge in [0.2, 0.25) is 0 Å². The van der Waals surface area contributed by atoms with Crippen molar-refractivity contribution in [3.05, 3.63) is 57.4 Å². The first-order valence-corrected chi connectivity index (χ1v) is 7.12. The summed E-state index contributed by atoms with van der Waals surface area (Å²) in [7, 11) is 0. The molecule has 0 aliphatic rings. The molecule has 7 heteroatoms. The lowest BCUT2D eigenvalue weighted by Crippen LogP contribution is -2.29. The molecule has 0 saturated heterocycles. The maximum Gasteiger partial charge on any atom is 0.337 e. The van der Waals surface area contributed by atoms with E-state index in [1.54, 1.807) is 30.5 Å². The van der Waals surface area contributed by atoms with E-state index in [1.165, 1.54) is 6.07 Å². The van der Waals surface area contributed by atoms with Gasteiger partial charge in [0.1, 0.15) is 0 Å². The van der Waals surface area contributed by atoms with Gasteiger partial charge in [0.05, 0.1) is 23.5 Å². The second-order valence-corrected chi connectivity index (χ2v) is 5.37. The van der Waals surface area contributed by atoms with Crippen molar-refractivity contribution in [3.63, 3.8) is 0 Å². The summed E-state index contributed by atoms with van der Waals surface area (Å²) in [4.78, 5) is 27.0. The Balaban J connectivity index is 2.01. The highest BCUT2D eigenvalue weighted by Gasteiger charge is 2.12. The molecule has 0 saturated carbocycles. The standard InChI is InChI=1S/C14H12IN3O3/c15-9-4-5-12(11(7-9)13(19)20)18-14(21)17-8-10-3-1-2-6-16-10/h1-7H,8H2,(H,19,20)(H2,17,18,21). The van der Waals surface area contributed by atoms with Gasteiger partial charge in [-0.1, -0.05) is 6.07 Å². The molecule has 21 heavy (non-hydrogen) atoms. The van der Waals surface area contributed by atoms with Crippen LogP contribution in [0, 0.1) is 3.57 Å². The van der Waals surface area contributed by atoms with E-state index in [-0.39, 0.29) is 17.8 Å². The first-order valence-electron chi connectivity index (χ1n) is 6.04. The van der Waals surface area contributed by atoms with Gasteiger partial charge < -0.3 is 15.7 Å². The molecule has 0 aliphatic heterocycles. The van der Waals surface area contributed by atoms with Gasteiger partial charge in [-0.2, -0.15) is 0 Å². The van der Waals surface area contributed by atoms with Crippen LogP contribution in [0.4, 0.5) is 10.5 Å². The second-order valence-electron chi connectivity index (χ2n) is 4.12. The van der Waals surface area contributed by atoms with E-state index in [0.29, 0.717) is 5.69 Å². The highest BCUT2D eigenvalue weighted by Crippen LogP contribution is 2.18. The topological polar surface area (TPSA) is 91.3 Å². The fourth-order valence-electron chi connectivity index (χ4n) is 1.64. The third kappa shape index (κ3) is 4.42. The van der Waals surface area contributed by atoms with Crippen LogP contribution < -0.4 is 10.6 Å². The van der Waals surface area contributed by atoms with E-state index in [9.17, 15) is 9.59 Å². The van der Waals surface area contributed by atoms with E-state index in [2.05, 4.69) is 15.6 Å². The largest absolute Gasteiger partial charge is 0.478 e. The van der Waals surface area contributed by atoms with Gasteiger partial charge in [-0.25, -0.2) is 9.59 Å². The Morgan fingerprint density at radius 1 is 1.24 bits per heavy atom. The van der Waals surface area contributed by atoms with Crippen LogP contribution in [0.3, 0.4) is 0 Å². The molecular formula is C14H12IN3O3. The van der Waals surface area contributed by atoms with Crippen molar-refractivity contribution < 1.29 is 14.7 Å². The summed E-state index contributed by atoms with van der Waals surface area (Å²) in [5, 5.41) is 14.3. The monoisotopic (exact) mass is 397 g/mol. The summed E-state index contributed by atoms with van der Waals surface area (Å²) in [5.41, 5.74) is 1.02. The average molecular weight is 397 g/mol. The van der Waals surface area contributed by atoms with Gasteiger partial charge in [-0.3, -0.25) is 4.98 Å². The van der Waals surface area contributed by atoms with Crippen LogP contribution in [-0.4, -0.2) is 22.1 Å². The van der Waals surface area contributed by atoms with Gasteiger partial charge in [0.25, 0.3) is 0 Å². The van der Waals surface area contributed by atoms with E-state index in [4.69, 9.17) is 5.11 Å². The molecule has 2 aromatic rings.